The lowest BCUT2D eigenvalue weighted by molar-refractivity contribution is -0.118. The molecular formula is C23H29N5O2S. The number of rotatable bonds is 6. The largest absolute Gasteiger partial charge is 0.466 e. The number of hydrogen-bond acceptors (Lipinski definition) is 6. The summed E-state index contributed by atoms with van der Waals surface area (Å²) in [4.78, 5) is 19.6. The van der Waals surface area contributed by atoms with Gasteiger partial charge in [0, 0.05) is 49.6 Å². The van der Waals surface area contributed by atoms with Crippen molar-refractivity contribution >= 4 is 34.4 Å². The van der Waals surface area contributed by atoms with E-state index in [1.165, 1.54) is 17.1 Å². The van der Waals surface area contributed by atoms with Crippen LogP contribution in [-0.4, -0.2) is 56.8 Å². The Hall–Kier alpha value is -2.58. The number of nitrogens with one attached hydrogen (secondary N) is 1. The average molecular weight is 440 g/mol. The molecule has 3 aromatic rings. The molecule has 0 radical (unpaired) electrons. The number of pyridine rings is 1. The van der Waals surface area contributed by atoms with E-state index in [4.69, 9.17) is 4.74 Å². The number of aromatic nitrogens is 3. The lowest BCUT2D eigenvalue weighted by Gasteiger charge is -2.27. The molecule has 1 fully saturated rings. The molecule has 1 aromatic carbocycles. The van der Waals surface area contributed by atoms with Crippen molar-refractivity contribution in [1.82, 2.24) is 19.7 Å². The zero-order chi connectivity index (χ0) is 22.0. The van der Waals surface area contributed by atoms with Gasteiger partial charge in [0.1, 0.15) is 0 Å². The fraction of sp³-hybridized carbons (Fsp3) is 0.435. The molecule has 3 heterocycles. The van der Waals surface area contributed by atoms with Crippen LogP contribution in [0.25, 0.3) is 11.0 Å². The molecule has 8 heteroatoms. The third-order valence-corrected chi connectivity index (χ3v) is 6.59. The monoisotopic (exact) mass is 439 g/mol. The van der Waals surface area contributed by atoms with Crippen molar-refractivity contribution in [3.63, 3.8) is 0 Å². The van der Waals surface area contributed by atoms with Gasteiger partial charge in [-0.3, -0.25) is 9.69 Å². The van der Waals surface area contributed by atoms with Crippen LogP contribution in [0.5, 0.6) is 5.88 Å². The highest BCUT2D eigenvalue weighted by atomic mass is 32.2. The van der Waals surface area contributed by atoms with Gasteiger partial charge in [0.05, 0.1) is 5.39 Å². The summed E-state index contributed by atoms with van der Waals surface area (Å²) in [5.74, 6) is 2.60. The number of benzene rings is 1. The van der Waals surface area contributed by atoms with Gasteiger partial charge in [-0.1, -0.05) is 12.1 Å². The molecule has 1 aliphatic heterocycles. The lowest BCUT2D eigenvalue weighted by Crippen LogP contribution is -2.32. The van der Waals surface area contributed by atoms with E-state index in [-0.39, 0.29) is 12.5 Å². The van der Waals surface area contributed by atoms with E-state index in [0.29, 0.717) is 5.88 Å². The number of carbonyl (C=O) groups is 1. The van der Waals surface area contributed by atoms with Gasteiger partial charge in [0.2, 0.25) is 5.88 Å². The zero-order valence-electron chi connectivity index (χ0n) is 18.6. The summed E-state index contributed by atoms with van der Waals surface area (Å²) in [5, 5.41) is 8.26. The molecule has 0 aliphatic carbocycles. The van der Waals surface area contributed by atoms with Gasteiger partial charge in [0.25, 0.3) is 5.91 Å². The first-order valence-electron chi connectivity index (χ1n) is 10.5. The first kappa shape index (κ1) is 21.6. The van der Waals surface area contributed by atoms with Crippen molar-refractivity contribution in [1.29, 1.82) is 0 Å². The van der Waals surface area contributed by atoms with Crippen LogP contribution >= 0.6 is 11.8 Å². The Kier molecular flexibility index (Phi) is 6.48. The number of nitrogens with zero attached hydrogens (tertiary/aromatic N) is 4. The Labute approximate surface area is 187 Å². The molecule has 1 saturated heterocycles. The Morgan fingerprint density at radius 3 is 2.77 bits per heavy atom. The maximum absolute atomic E-state index is 12.6. The molecule has 1 amide bonds. The fourth-order valence-corrected chi connectivity index (χ4v) is 4.94. The molecule has 0 spiro atoms. The van der Waals surface area contributed by atoms with Crippen LogP contribution in [0, 0.1) is 20.8 Å². The maximum Gasteiger partial charge on any atom is 0.262 e. The van der Waals surface area contributed by atoms with Crippen molar-refractivity contribution in [2.24, 2.45) is 7.05 Å². The van der Waals surface area contributed by atoms with Crippen LogP contribution in [0.1, 0.15) is 22.4 Å². The smallest absolute Gasteiger partial charge is 0.262 e. The fourth-order valence-electron chi connectivity index (χ4n) is 3.96. The molecular weight excluding hydrogens is 410 g/mol. The molecule has 0 unspecified atom stereocenters. The number of fused-ring (bicyclic) bond motifs is 1. The van der Waals surface area contributed by atoms with E-state index < -0.39 is 0 Å². The van der Waals surface area contributed by atoms with Crippen molar-refractivity contribution in [2.45, 2.75) is 27.3 Å². The minimum atomic E-state index is -0.203. The van der Waals surface area contributed by atoms with Crippen molar-refractivity contribution in [3.05, 3.63) is 46.6 Å². The molecule has 4 rings (SSSR count). The second-order valence-electron chi connectivity index (χ2n) is 8.02. The predicted octanol–water partition coefficient (Wildman–Crippen LogP) is 3.46. The summed E-state index contributed by atoms with van der Waals surface area (Å²) in [6, 6.07) is 8.07. The molecule has 0 bridgehead atoms. The van der Waals surface area contributed by atoms with E-state index in [1.807, 2.05) is 50.9 Å². The lowest BCUT2D eigenvalue weighted by atomic mass is 10.1. The number of aryl methyl sites for hydroxylation is 3. The molecule has 2 aromatic heterocycles. The molecule has 1 N–H and O–H groups in total. The van der Waals surface area contributed by atoms with Crippen LogP contribution in [0.3, 0.4) is 0 Å². The van der Waals surface area contributed by atoms with Crippen LogP contribution in [0.15, 0.2) is 24.3 Å². The van der Waals surface area contributed by atoms with E-state index in [1.54, 1.807) is 4.68 Å². The first-order chi connectivity index (χ1) is 14.9. The molecule has 7 nitrogen and oxygen atoms in total. The highest BCUT2D eigenvalue weighted by molar-refractivity contribution is 7.99. The molecule has 0 atom stereocenters. The van der Waals surface area contributed by atoms with Gasteiger partial charge < -0.3 is 10.1 Å². The van der Waals surface area contributed by atoms with Crippen molar-refractivity contribution in [3.8, 4) is 5.88 Å². The Morgan fingerprint density at radius 2 is 2.00 bits per heavy atom. The van der Waals surface area contributed by atoms with E-state index in [2.05, 4.69) is 33.3 Å². The summed E-state index contributed by atoms with van der Waals surface area (Å²) < 4.78 is 7.48. The van der Waals surface area contributed by atoms with Gasteiger partial charge in [-0.2, -0.15) is 11.8 Å². The van der Waals surface area contributed by atoms with Crippen LogP contribution in [0.4, 0.5) is 5.69 Å². The normalized spacial score (nSPS) is 14.7. The highest BCUT2D eigenvalue weighted by Gasteiger charge is 2.17. The second kappa shape index (κ2) is 9.28. The highest BCUT2D eigenvalue weighted by Crippen LogP contribution is 2.27. The molecule has 1 aliphatic rings. The van der Waals surface area contributed by atoms with Gasteiger partial charge in [-0.05, 0) is 49.6 Å². The summed E-state index contributed by atoms with van der Waals surface area (Å²) in [6.07, 6.45) is 0. The van der Waals surface area contributed by atoms with Gasteiger partial charge in [-0.25, -0.2) is 9.67 Å². The van der Waals surface area contributed by atoms with Crippen LogP contribution in [0.2, 0.25) is 0 Å². The summed E-state index contributed by atoms with van der Waals surface area (Å²) in [6.45, 7) is 9.05. The summed E-state index contributed by atoms with van der Waals surface area (Å²) in [7, 11) is 1.83. The third kappa shape index (κ3) is 4.85. The van der Waals surface area contributed by atoms with Crippen molar-refractivity contribution < 1.29 is 9.53 Å². The Balaban J connectivity index is 1.43. The minimum absolute atomic E-state index is 0.105. The van der Waals surface area contributed by atoms with E-state index >= 15 is 0 Å². The minimum Gasteiger partial charge on any atom is -0.466 e. The second-order valence-corrected chi connectivity index (χ2v) is 9.25. The number of thioether (sulfide) groups is 1. The summed E-state index contributed by atoms with van der Waals surface area (Å²) >= 11 is 2.01. The number of carbonyl (C=O) groups excluding carboxylic acids is 1. The molecule has 164 valence electrons. The van der Waals surface area contributed by atoms with Crippen LogP contribution in [-0.2, 0) is 18.4 Å². The van der Waals surface area contributed by atoms with Gasteiger partial charge in [-0.15, -0.1) is 5.10 Å². The van der Waals surface area contributed by atoms with Gasteiger partial charge in [0.15, 0.2) is 12.3 Å². The Bertz CT molecular complexity index is 1110. The topological polar surface area (TPSA) is 72.3 Å². The third-order valence-electron chi connectivity index (χ3n) is 5.64. The molecule has 0 saturated carbocycles. The maximum atomic E-state index is 12.6. The number of hydrogen-bond donors (Lipinski definition) is 1. The van der Waals surface area contributed by atoms with E-state index in [9.17, 15) is 4.79 Å². The number of ether oxygens (including phenoxy) is 1. The van der Waals surface area contributed by atoms with Crippen molar-refractivity contribution in [2.75, 3.05) is 36.5 Å². The SMILES string of the molecule is Cc1cc(C)c2c(OCC(=O)Nc3cccc(CN4CCSCC4)c3C)nn(C)c2n1. The standard InChI is InChI=1S/C23H29N5O2S/c1-15-12-16(2)24-22-21(15)23(26-27(22)4)30-14-20(29)25-19-7-5-6-18(17(19)3)13-28-8-10-31-11-9-28/h5-7,12H,8-11,13-14H2,1-4H3,(H,25,29). The zero-order valence-corrected chi connectivity index (χ0v) is 19.4. The summed E-state index contributed by atoms with van der Waals surface area (Å²) in [5.41, 5.74) is 5.90. The Morgan fingerprint density at radius 1 is 1.23 bits per heavy atom. The average Bonchev–Trinajstić information content (AvgIpc) is 3.06. The van der Waals surface area contributed by atoms with E-state index in [0.717, 1.165) is 53.2 Å². The number of amides is 1. The molecule has 31 heavy (non-hydrogen) atoms. The van der Waals surface area contributed by atoms with Crippen LogP contribution < -0.4 is 10.1 Å². The van der Waals surface area contributed by atoms with Gasteiger partial charge >= 0.3 is 0 Å². The predicted molar refractivity (Wildman–Crippen MR) is 126 cm³/mol. The first-order valence-corrected chi connectivity index (χ1v) is 11.7. The quantitative estimate of drug-likeness (QED) is 0.634. The number of anilines is 1.